The van der Waals surface area contributed by atoms with Crippen LogP contribution in [0.2, 0.25) is 0 Å². The highest BCUT2D eigenvalue weighted by molar-refractivity contribution is 5.97. The van der Waals surface area contributed by atoms with Gasteiger partial charge in [-0.1, -0.05) is 0 Å². The van der Waals surface area contributed by atoms with Gasteiger partial charge in [0.1, 0.15) is 0 Å². The van der Waals surface area contributed by atoms with Crippen molar-refractivity contribution in [3.63, 3.8) is 0 Å². The van der Waals surface area contributed by atoms with Crippen LogP contribution in [0.25, 0.3) is 0 Å². The summed E-state index contributed by atoms with van der Waals surface area (Å²) in [5.41, 5.74) is 0. The number of nitrogens with one attached hydrogen (secondary N) is 1. The zero-order valence-electron chi connectivity index (χ0n) is 6.29. The van der Waals surface area contributed by atoms with Crippen LogP contribution in [0.3, 0.4) is 0 Å². The molecule has 5 heteroatoms. The molecule has 0 aliphatic carbocycles. The van der Waals surface area contributed by atoms with E-state index in [1.54, 1.807) is 7.05 Å². The largest absolute Gasteiger partial charge is 0.439 e. The van der Waals surface area contributed by atoms with E-state index in [9.17, 15) is 9.59 Å². The normalized spacial score (nSPS) is 17.4. The molecule has 0 spiro atoms. The van der Waals surface area contributed by atoms with Crippen molar-refractivity contribution in [3.05, 3.63) is 0 Å². The quantitative estimate of drug-likeness (QED) is 0.583. The molecule has 1 rings (SSSR count). The van der Waals surface area contributed by atoms with Crippen LogP contribution in [0.5, 0.6) is 0 Å². The predicted molar refractivity (Wildman–Crippen MR) is 37.0 cm³/mol. The number of cyclic esters (lactones) is 1. The summed E-state index contributed by atoms with van der Waals surface area (Å²) >= 11 is 0. The zero-order valence-corrected chi connectivity index (χ0v) is 6.29. The first kappa shape index (κ1) is 8.00. The minimum Gasteiger partial charge on any atom is -0.439 e. The van der Waals surface area contributed by atoms with Gasteiger partial charge >= 0.3 is 6.09 Å². The lowest BCUT2D eigenvalue weighted by molar-refractivity contribution is -0.125. The molecule has 0 aromatic rings. The lowest BCUT2D eigenvalue weighted by Crippen LogP contribution is -2.34. The van der Waals surface area contributed by atoms with Gasteiger partial charge in [0, 0.05) is 13.1 Å². The van der Waals surface area contributed by atoms with Crippen molar-refractivity contribution in [2.75, 3.05) is 26.7 Å². The van der Waals surface area contributed by atoms with Crippen LogP contribution in [-0.2, 0) is 9.53 Å². The molecule has 1 heterocycles. The number of nitrogens with zero attached hydrogens (tertiary/aromatic N) is 1. The van der Waals surface area contributed by atoms with E-state index in [0.29, 0.717) is 13.1 Å². The van der Waals surface area contributed by atoms with Gasteiger partial charge in [0.15, 0.2) is 6.61 Å². The molecule has 0 radical (unpaired) electrons. The molecule has 1 fully saturated rings. The molecule has 62 valence electrons. The predicted octanol–water partition coefficient (Wildman–Crippen LogP) is -0.815. The van der Waals surface area contributed by atoms with Gasteiger partial charge in [-0.25, -0.2) is 9.69 Å². The Morgan fingerprint density at radius 2 is 2.36 bits per heavy atom. The monoisotopic (exact) mass is 158 g/mol. The molecule has 2 amide bonds. The van der Waals surface area contributed by atoms with Gasteiger partial charge in [0.05, 0.1) is 0 Å². The third kappa shape index (κ3) is 1.68. The second-order valence-corrected chi connectivity index (χ2v) is 2.20. The fourth-order valence-electron chi connectivity index (χ4n) is 0.821. The van der Waals surface area contributed by atoms with Crippen molar-refractivity contribution in [3.8, 4) is 0 Å². The fourth-order valence-corrected chi connectivity index (χ4v) is 0.821. The average Bonchev–Trinajstić information content (AvgIpc) is 2.29. The Morgan fingerprint density at radius 1 is 1.64 bits per heavy atom. The zero-order chi connectivity index (χ0) is 8.27. The SMILES string of the molecule is CNCCN1C(=O)COC1=O. The van der Waals surface area contributed by atoms with Crippen LogP contribution in [0, 0.1) is 0 Å². The molecule has 1 saturated heterocycles. The third-order valence-electron chi connectivity index (χ3n) is 1.43. The molecule has 0 atom stereocenters. The van der Waals surface area contributed by atoms with E-state index in [1.807, 2.05) is 0 Å². The Labute approximate surface area is 64.3 Å². The second kappa shape index (κ2) is 3.34. The molecule has 0 aromatic carbocycles. The maximum Gasteiger partial charge on any atom is 0.417 e. The summed E-state index contributed by atoms with van der Waals surface area (Å²) in [5.74, 6) is -0.259. The Balaban J connectivity index is 2.41. The summed E-state index contributed by atoms with van der Waals surface area (Å²) in [6, 6.07) is 0. The lowest BCUT2D eigenvalue weighted by atomic mass is 10.5. The van der Waals surface area contributed by atoms with Gasteiger partial charge in [-0.3, -0.25) is 4.79 Å². The van der Waals surface area contributed by atoms with E-state index in [-0.39, 0.29) is 12.5 Å². The van der Waals surface area contributed by atoms with Crippen molar-refractivity contribution in [2.24, 2.45) is 0 Å². The Morgan fingerprint density at radius 3 is 2.82 bits per heavy atom. The third-order valence-corrected chi connectivity index (χ3v) is 1.43. The standard InChI is InChI=1S/C6H10N2O3/c1-7-2-3-8-5(9)4-11-6(8)10/h7H,2-4H2,1H3. The van der Waals surface area contributed by atoms with E-state index < -0.39 is 6.09 Å². The number of likely N-dealkylation sites (N-methyl/N-ethyl adjacent to an activating group) is 1. The molecule has 0 saturated carbocycles. The van der Waals surface area contributed by atoms with Crippen LogP contribution in [0.15, 0.2) is 0 Å². The number of rotatable bonds is 3. The molecule has 11 heavy (non-hydrogen) atoms. The number of hydrogen-bond acceptors (Lipinski definition) is 4. The van der Waals surface area contributed by atoms with E-state index in [4.69, 9.17) is 0 Å². The van der Waals surface area contributed by atoms with Crippen LogP contribution in [-0.4, -0.2) is 43.6 Å². The van der Waals surface area contributed by atoms with Crippen LogP contribution >= 0.6 is 0 Å². The minimum absolute atomic E-state index is 0.109. The molecule has 0 unspecified atom stereocenters. The highest BCUT2D eigenvalue weighted by Gasteiger charge is 2.29. The first-order valence-electron chi connectivity index (χ1n) is 3.37. The van der Waals surface area contributed by atoms with Crippen molar-refractivity contribution >= 4 is 12.0 Å². The minimum atomic E-state index is -0.537. The van der Waals surface area contributed by atoms with E-state index in [0.717, 1.165) is 4.90 Å². The van der Waals surface area contributed by atoms with Crippen molar-refractivity contribution in [1.29, 1.82) is 0 Å². The first-order valence-corrected chi connectivity index (χ1v) is 3.37. The number of ether oxygens (including phenoxy) is 1. The van der Waals surface area contributed by atoms with Gasteiger partial charge in [-0.2, -0.15) is 0 Å². The van der Waals surface area contributed by atoms with Crippen LogP contribution in [0.1, 0.15) is 0 Å². The molecule has 1 aliphatic rings. The summed E-state index contributed by atoms with van der Waals surface area (Å²) in [6.07, 6.45) is -0.537. The van der Waals surface area contributed by atoms with Crippen molar-refractivity contribution in [2.45, 2.75) is 0 Å². The number of amides is 2. The molecular formula is C6H10N2O3. The summed E-state index contributed by atoms with van der Waals surface area (Å²) in [4.78, 5) is 22.7. The maximum atomic E-state index is 10.8. The molecule has 1 N–H and O–H groups in total. The number of carbonyl (C=O) groups excluding carboxylic acids is 2. The number of carbonyl (C=O) groups is 2. The highest BCUT2D eigenvalue weighted by atomic mass is 16.6. The lowest BCUT2D eigenvalue weighted by Gasteiger charge is -2.08. The van der Waals surface area contributed by atoms with Crippen molar-refractivity contribution in [1.82, 2.24) is 10.2 Å². The Bertz CT molecular complexity index is 165. The van der Waals surface area contributed by atoms with Gasteiger partial charge < -0.3 is 10.1 Å². The Kier molecular flexibility index (Phi) is 2.43. The molecule has 0 bridgehead atoms. The fraction of sp³-hybridized carbons (Fsp3) is 0.667. The maximum absolute atomic E-state index is 10.8. The number of hydrogen-bond donors (Lipinski definition) is 1. The van der Waals surface area contributed by atoms with Gasteiger partial charge in [-0.05, 0) is 7.05 Å². The Hall–Kier alpha value is -1.10. The highest BCUT2D eigenvalue weighted by Crippen LogP contribution is 2.02. The van der Waals surface area contributed by atoms with Crippen LogP contribution < -0.4 is 5.32 Å². The summed E-state index contributed by atoms with van der Waals surface area (Å²) in [6.45, 7) is 0.873. The molecular weight excluding hydrogens is 148 g/mol. The molecule has 5 nitrogen and oxygen atoms in total. The molecule has 0 aromatic heterocycles. The summed E-state index contributed by atoms with van der Waals surface area (Å²) < 4.78 is 4.48. The van der Waals surface area contributed by atoms with Crippen molar-refractivity contribution < 1.29 is 14.3 Å². The topological polar surface area (TPSA) is 58.6 Å². The first-order chi connectivity index (χ1) is 5.25. The number of imide groups is 1. The van der Waals surface area contributed by atoms with Gasteiger partial charge in [0.2, 0.25) is 0 Å². The summed E-state index contributed by atoms with van der Waals surface area (Å²) in [7, 11) is 1.76. The average molecular weight is 158 g/mol. The van der Waals surface area contributed by atoms with E-state index in [1.165, 1.54) is 0 Å². The van der Waals surface area contributed by atoms with E-state index >= 15 is 0 Å². The van der Waals surface area contributed by atoms with Gasteiger partial charge in [0.25, 0.3) is 5.91 Å². The summed E-state index contributed by atoms with van der Waals surface area (Å²) in [5, 5.41) is 2.83. The van der Waals surface area contributed by atoms with Gasteiger partial charge in [-0.15, -0.1) is 0 Å². The smallest absolute Gasteiger partial charge is 0.417 e. The van der Waals surface area contributed by atoms with Crippen LogP contribution in [0.4, 0.5) is 4.79 Å². The molecule has 1 aliphatic heterocycles. The second-order valence-electron chi connectivity index (χ2n) is 2.20. The van der Waals surface area contributed by atoms with E-state index in [2.05, 4.69) is 10.1 Å².